The molecule has 0 spiro atoms. The van der Waals surface area contributed by atoms with Crippen LogP contribution in [-0.4, -0.2) is 41.4 Å². The molecule has 2 aromatic carbocycles. The smallest absolute Gasteiger partial charge is 0.240 e. The molecule has 0 fully saturated rings. The van der Waals surface area contributed by atoms with E-state index in [-0.39, 0.29) is 15.7 Å². The normalized spacial score (nSPS) is 12.7. The van der Waals surface area contributed by atoms with Crippen LogP contribution in [0.4, 0.5) is 5.69 Å². The first-order valence-electron chi connectivity index (χ1n) is 9.78. The lowest BCUT2D eigenvalue weighted by Gasteiger charge is -2.19. The van der Waals surface area contributed by atoms with Crippen molar-refractivity contribution in [3.63, 3.8) is 0 Å². The van der Waals surface area contributed by atoms with Gasteiger partial charge in [0, 0.05) is 31.5 Å². The van der Waals surface area contributed by atoms with Gasteiger partial charge in [-0.25, -0.2) is 21.6 Å². The Morgan fingerprint density at radius 3 is 2.15 bits per heavy atom. The minimum Gasteiger partial charge on any atom is -0.497 e. The van der Waals surface area contributed by atoms with Gasteiger partial charge in [0.25, 0.3) is 0 Å². The van der Waals surface area contributed by atoms with E-state index < -0.39 is 31.7 Å². The Morgan fingerprint density at radius 2 is 1.61 bits per heavy atom. The van der Waals surface area contributed by atoms with Gasteiger partial charge in [-0.3, -0.25) is 9.78 Å². The molecule has 3 aromatic rings. The maximum absolute atomic E-state index is 13.4. The number of carbonyl (C=O) groups is 1. The van der Waals surface area contributed by atoms with Crippen LogP contribution in [0.25, 0.3) is 0 Å². The first-order chi connectivity index (χ1) is 15.6. The van der Waals surface area contributed by atoms with Crippen LogP contribution in [0.5, 0.6) is 5.75 Å². The fourth-order valence-corrected chi connectivity index (χ4v) is 5.89. The van der Waals surface area contributed by atoms with Gasteiger partial charge in [-0.15, -0.1) is 0 Å². The van der Waals surface area contributed by atoms with E-state index >= 15 is 0 Å². The predicted octanol–water partition coefficient (Wildman–Crippen LogP) is 2.54. The van der Waals surface area contributed by atoms with Crippen molar-refractivity contribution in [3.8, 4) is 5.75 Å². The zero-order valence-electron chi connectivity index (χ0n) is 17.9. The van der Waals surface area contributed by atoms with Crippen molar-refractivity contribution in [1.29, 1.82) is 0 Å². The molecule has 0 aliphatic rings. The summed E-state index contributed by atoms with van der Waals surface area (Å²) in [7, 11) is -6.53. The quantitative estimate of drug-likeness (QED) is 0.472. The van der Waals surface area contributed by atoms with Crippen molar-refractivity contribution in [3.05, 3.63) is 78.6 Å². The van der Waals surface area contributed by atoms with Gasteiger partial charge in [0.2, 0.25) is 15.9 Å². The Morgan fingerprint density at radius 1 is 0.970 bits per heavy atom. The van der Waals surface area contributed by atoms with Gasteiger partial charge in [0.1, 0.15) is 11.0 Å². The van der Waals surface area contributed by atoms with Gasteiger partial charge in [-0.2, -0.15) is 0 Å². The highest BCUT2D eigenvalue weighted by atomic mass is 32.2. The van der Waals surface area contributed by atoms with Gasteiger partial charge in [0.15, 0.2) is 9.84 Å². The molecule has 0 saturated heterocycles. The SMILES string of the molecule is COc1ccc(S(=O)(=O)C(CNS(=O)(=O)c2ccc(NC(C)=O)cc2)c2cccnc2)cc1. The summed E-state index contributed by atoms with van der Waals surface area (Å²) >= 11 is 0. The fourth-order valence-electron chi connectivity index (χ4n) is 3.09. The summed E-state index contributed by atoms with van der Waals surface area (Å²) in [5.74, 6) is 0.210. The van der Waals surface area contributed by atoms with E-state index in [1.807, 2.05) is 0 Å². The molecule has 0 aliphatic carbocycles. The molecule has 1 heterocycles. The number of nitrogens with one attached hydrogen (secondary N) is 2. The predicted molar refractivity (Wildman–Crippen MR) is 123 cm³/mol. The molecule has 174 valence electrons. The second kappa shape index (κ2) is 10.1. The van der Waals surface area contributed by atoms with Crippen LogP contribution >= 0.6 is 0 Å². The average Bonchev–Trinajstić information content (AvgIpc) is 2.79. The molecule has 33 heavy (non-hydrogen) atoms. The number of aromatic nitrogens is 1. The summed E-state index contributed by atoms with van der Waals surface area (Å²) in [5, 5.41) is 1.34. The Labute approximate surface area is 192 Å². The Hall–Kier alpha value is -3.28. The summed E-state index contributed by atoms with van der Waals surface area (Å²) in [6, 6.07) is 14.6. The van der Waals surface area contributed by atoms with Crippen molar-refractivity contribution >= 4 is 31.5 Å². The fraction of sp³-hybridized carbons (Fsp3) is 0.182. The third-order valence-electron chi connectivity index (χ3n) is 4.76. The second-order valence-electron chi connectivity index (χ2n) is 7.05. The van der Waals surface area contributed by atoms with Gasteiger partial charge in [0.05, 0.1) is 16.9 Å². The van der Waals surface area contributed by atoms with Crippen molar-refractivity contribution in [2.24, 2.45) is 0 Å². The number of sulfone groups is 1. The molecule has 11 heteroatoms. The van der Waals surface area contributed by atoms with Crippen molar-refractivity contribution in [2.45, 2.75) is 22.0 Å². The van der Waals surface area contributed by atoms with Crippen LogP contribution in [0.1, 0.15) is 17.7 Å². The van der Waals surface area contributed by atoms with E-state index in [9.17, 15) is 21.6 Å². The minimum atomic E-state index is -4.03. The number of ether oxygens (including phenoxy) is 1. The van der Waals surface area contributed by atoms with Crippen LogP contribution in [0.15, 0.2) is 82.8 Å². The standard InChI is InChI=1S/C22H23N3O6S2/c1-16(26)25-18-5-9-21(10-6-18)33(29,30)24-15-22(17-4-3-13-23-14-17)32(27,28)20-11-7-19(31-2)8-12-20/h3-14,22,24H,15H2,1-2H3,(H,25,26). The number of sulfonamides is 1. The van der Waals surface area contributed by atoms with Gasteiger partial charge < -0.3 is 10.1 Å². The van der Waals surface area contributed by atoms with E-state index in [0.717, 1.165) is 0 Å². The van der Waals surface area contributed by atoms with Crippen LogP contribution in [0.3, 0.4) is 0 Å². The molecule has 0 radical (unpaired) electrons. The maximum Gasteiger partial charge on any atom is 0.240 e. The number of nitrogens with zero attached hydrogens (tertiary/aromatic N) is 1. The number of rotatable bonds is 9. The minimum absolute atomic E-state index is 0.0241. The number of hydrogen-bond acceptors (Lipinski definition) is 7. The van der Waals surface area contributed by atoms with E-state index in [1.54, 1.807) is 12.1 Å². The summed E-state index contributed by atoms with van der Waals surface area (Å²) in [6.45, 7) is 0.934. The van der Waals surface area contributed by atoms with E-state index in [4.69, 9.17) is 4.74 Å². The van der Waals surface area contributed by atoms with Gasteiger partial charge in [-0.05, 0) is 60.2 Å². The van der Waals surface area contributed by atoms with E-state index in [0.29, 0.717) is 17.0 Å². The monoisotopic (exact) mass is 489 g/mol. The van der Waals surface area contributed by atoms with Crippen LogP contribution in [0, 0.1) is 0 Å². The number of pyridine rings is 1. The molecular formula is C22H23N3O6S2. The largest absolute Gasteiger partial charge is 0.497 e. The highest BCUT2D eigenvalue weighted by molar-refractivity contribution is 7.92. The van der Waals surface area contributed by atoms with E-state index in [1.165, 1.54) is 75.0 Å². The molecule has 0 saturated carbocycles. The van der Waals surface area contributed by atoms with Crippen LogP contribution in [-0.2, 0) is 24.7 Å². The number of hydrogen-bond donors (Lipinski definition) is 2. The van der Waals surface area contributed by atoms with Gasteiger partial charge in [-0.1, -0.05) is 6.07 Å². The summed E-state index contributed by atoms with van der Waals surface area (Å²) in [4.78, 5) is 15.1. The zero-order chi connectivity index (χ0) is 24.1. The molecule has 1 amide bonds. The Bertz CT molecular complexity index is 1310. The molecule has 1 unspecified atom stereocenters. The summed E-state index contributed by atoms with van der Waals surface area (Å²) in [5.41, 5.74) is 0.786. The van der Waals surface area contributed by atoms with Crippen molar-refractivity contribution in [1.82, 2.24) is 9.71 Å². The third kappa shape index (κ3) is 5.95. The van der Waals surface area contributed by atoms with Gasteiger partial charge >= 0.3 is 0 Å². The number of benzene rings is 2. The molecule has 0 bridgehead atoms. The van der Waals surface area contributed by atoms with Crippen LogP contribution in [0.2, 0.25) is 0 Å². The topological polar surface area (TPSA) is 132 Å². The molecule has 9 nitrogen and oxygen atoms in total. The third-order valence-corrected chi connectivity index (χ3v) is 8.32. The Kier molecular flexibility index (Phi) is 7.46. The summed E-state index contributed by atoms with van der Waals surface area (Å²) in [6.07, 6.45) is 2.89. The van der Waals surface area contributed by atoms with Crippen LogP contribution < -0.4 is 14.8 Å². The van der Waals surface area contributed by atoms with Crippen molar-refractivity contribution in [2.75, 3.05) is 19.0 Å². The van der Waals surface area contributed by atoms with E-state index in [2.05, 4.69) is 15.0 Å². The average molecular weight is 490 g/mol. The molecule has 2 N–H and O–H groups in total. The second-order valence-corrected chi connectivity index (χ2v) is 11.0. The lowest BCUT2D eigenvalue weighted by Crippen LogP contribution is -2.32. The summed E-state index contributed by atoms with van der Waals surface area (Å²) < 4.78 is 59.9. The number of anilines is 1. The number of methoxy groups -OCH3 is 1. The lowest BCUT2D eigenvalue weighted by atomic mass is 10.2. The molecule has 3 rings (SSSR count). The molecular weight excluding hydrogens is 466 g/mol. The number of carbonyl (C=O) groups excluding carboxylic acids is 1. The first kappa shape index (κ1) is 24.4. The molecule has 1 atom stereocenters. The molecule has 0 aliphatic heterocycles. The Balaban J connectivity index is 1.89. The van der Waals surface area contributed by atoms with Crippen molar-refractivity contribution < 1.29 is 26.4 Å². The first-order valence-corrected chi connectivity index (χ1v) is 12.8. The zero-order valence-corrected chi connectivity index (χ0v) is 19.6. The highest BCUT2D eigenvalue weighted by Crippen LogP contribution is 2.29. The number of amides is 1. The highest BCUT2D eigenvalue weighted by Gasteiger charge is 2.31. The molecule has 1 aromatic heterocycles. The lowest BCUT2D eigenvalue weighted by molar-refractivity contribution is -0.114. The maximum atomic E-state index is 13.4.